The standard InChI is InChI=1S/C17H19N5O3/c1-12-6-15(20-25-12)17(23)22-4-5-24-11-13(9-22)7-14-10-21-3-2-18-16(21)8-19-14/h2-3,6,8,10,13H,4-5,7,9,11H2,1H3/t13-/m1/s1. The second-order valence-corrected chi connectivity index (χ2v) is 6.29. The smallest absolute Gasteiger partial charge is 0.276 e. The van der Waals surface area contributed by atoms with Gasteiger partial charge in [0.05, 0.1) is 25.1 Å². The number of hydrogen-bond donors (Lipinski definition) is 0. The predicted octanol–water partition coefficient (Wildman–Crippen LogP) is 1.36. The van der Waals surface area contributed by atoms with Crippen molar-refractivity contribution in [1.82, 2.24) is 24.4 Å². The predicted molar refractivity (Wildman–Crippen MR) is 88.1 cm³/mol. The maximum absolute atomic E-state index is 12.6. The molecule has 4 rings (SSSR count). The number of rotatable bonds is 3. The monoisotopic (exact) mass is 341 g/mol. The third kappa shape index (κ3) is 3.39. The van der Waals surface area contributed by atoms with Crippen LogP contribution in [0.4, 0.5) is 0 Å². The largest absolute Gasteiger partial charge is 0.379 e. The van der Waals surface area contributed by atoms with Crippen molar-refractivity contribution in [2.45, 2.75) is 13.3 Å². The molecule has 0 bridgehead atoms. The molecule has 0 N–H and O–H groups in total. The average Bonchev–Trinajstić information content (AvgIpc) is 3.18. The van der Waals surface area contributed by atoms with Crippen molar-refractivity contribution in [2.75, 3.05) is 26.3 Å². The number of amides is 1. The van der Waals surface area contributed by atoms with Crippen molar-refractivity contribution in [2.24, 2.45) is 5.92 Å². The normalized spacial score (nSPS) is 18.4. The van der Waals surface area contributed by atoms with Crippen LogP contribution in [0.25, 0.3) is 5.65 Å². The summed E-state index contributed by atoms with van der Waals surface area (Å²) in [4.78, 5) is 23.1. The van der Waals surface area contributed by atoms with Gasteiger partial charge in [-0.15, -0.1) is 0 Å². The summed E-state index contributed by atoms with van der Waals surface area (Å²) in [5.74, 6) is 0.682. The molecule has 1 fully saturated rings. The third-order valence-corrected chi connectivity index (χ3v) is 4.30. The molecule has 4 heterocycles. The van der Waals surface area contributed by atoms with E-state index in [1.54, 1.807) is 30.3 Å². The van der Waals surface area contributed by atoms with Crippen LogP contribution in [-0.4, -0.2) is 56.6 Å². The molecule has 0 spiro atoms. The Labute approximate surface area is 144 Å². The minimum atomic E-state index is -0.120. The highest BCUT2D eigenvalue weighted by atomic mass is 16.5. The molecule has 1 atom stereocenters. The summed E-state index contributed by atoms with van der Waals surface area (Å²) in [6.07, 6.45) is 8.10. The summed E-state index contributed by atoms with van der Waals surface area (Å²) >= 11 is 0. The van der Waals surface area contributed by atoms with Gasteiger partial charge in [-0.2, -0.15) is 0 Å². The molecule has 3 aromatic rings. The van der Waals surface area contributed by atoms with Crippen molar-refractivity contribution >= 4 is 11.6 Å². The Kier molecular flexibility index (Phi) is 4.19. The van der Waals surface area contributed by atoms with Gasteiger partial charge in [0.2, 0.25) is 0 Å². The quantitative estimate of drug-likeness (QED) is 0.715. The molecule has 130 valence electrons. The molecule has 0 unspecified atom stereocenters. The van der Waals surface area contributed by atoms with E-state index in [1.165, 1.54) is 0 Å². The highest BCUT2D eigenvalue weighted by molar-refractivity contribution is 5.92. The van der Waals surface area contributed by atoms with Crippen LogP contribution < -0.4 is 0 Å². The Morgan fingerprint density at radius 3 is 3.16 bits per heavy atom. The molecule has 1 aliphatic rings. The Hall–Kier alpha value is -2.74. The van der Waals surface area contributed by atoms with Gasteiger partial charge in [-0.25, -0.2) is 4.98 Å². The zero-order chi connectivity index (χ0) is 17.2. The first-order chi connectivity index (χ1) is 12.2. The topological polar surface area (TPSA) is 85.8 Å². The lowest BCUT2D eigenvalue weighted by atomic mass is 10.0. The molecule has 3 aromatic heterocycles. The maximum atomic E-state index is 12.6. The van der Waals surface area contributed by atoms with E-state index in [-0.39, 0.29) is 11.8 Å². The van der Waals surface area contributed by atoms with Gasteiger partial charge >= 0.3 is 0 Å². The molecule has 1 amide bonds. The van der Waals surface area contributed by atoms with E-state index in [2.05, 4.69) is 15.1 Å². The van der Waals surface area contributed by atoms with E-state index in [1.807, 2.05) is 16.8 Å². The third-order valence-electron chi connectivity index (χ3n) is 4.30. The van der Waals surface area contributed by atoms with E-state index in [0.29, 0.717) is 37.8 Å². The summed E-state index contributed by atoms with van der Waals surface area (Å²) in [6, 6.07) is 1.66. The van der Waals surface area contributed by atoms with E-state index in [9.17, 15) is 4.79 Å². The number of ether oxygens (including phenoxy) is 1. The fourth-order valence-corrected chi connectivity index (χ4v) is 3.09. The summed E-state index contributed by atoms with van der Waals surface area (Å²) in [6.45, 7) is 4.05. The van der Waals surface area contributed by atoms with Crippen LogP contribution in [0, 0.1) is 12.8 Å². The van der Waals surface area contributed by atoms with E-state index in [0.717, 1.165) is 17.8 Å². The SMILES string of the molecule is Cc1cc(C(=O)N2CCOC[C@H](Cc3cn4ccnc4cn3)C2)no1. The molecule has 25 heavy (non-hydrogen) atoms. The highest BCUT2D eigenvalue weighted by Crippen LogP contribution is 2.15. The first kappa shape index (κ1) is 15.8. The van der Waals surface area contributed by atoms with Gasteiger partial charge in [-0.05, 0) is 13.3 Å². The molecule has 0 radical (unpaired) electrons. The summed E-state index contributed by atoms with van der Waals surface area (Å²) in [7, 11) is 0. The minimum Gasteiger partial charge on any atom is -0.379 e. The Bertz CT molecular complexity index is 887. The molecule has 0 saturated carbocycles. The summed E-state index contributed by atoms with van der Waals surface area (Å²) in [5.41, 5.74) is 2.11. The lowest BCUT2D eigenvalue weighted by Gasteiger charge is -2.22. The fourth-order valence-electron chi connectivity index (χ4n) is 3.09. The summed E-state index contributed by atoms with van der Waals surface area (Å²) in [5, 5.41) is 3.83. The number of fused-ring (bicyclic) bond motifs is 1. The molecule has 1 saturated heterocycles. The molecular weight excluding hydrogens is 322 g/mol. The molecule has 0 aliphatic carbocycles. The van der Waals surface area contributed by atoms with E-state index >= 15 is 0 Å². The van der Waals surface area contributed by atoms with Crippen molar-refractivity contribution in [1.29, 1.82) is 0 Å². The van der Waals surface area contributed by atoms with Crippen LogP contribution in [-0.2, 0) is 11.2 Å². The minimum absolute atomic E-state index is 0.120. The Morgan fingerprint density at radius 2 is 2.32 bits per heavy atom. The summed E-state index contributed by atoms with van der Waals surface area (Å²) < 4.78 is 12.7. The zero-order valence-electron chi connectivity index (χ0n) is 14.0. The Balaban J connectivity index is 1.48. The van der Waals surface area contributed by atoms with Gasteiger partial charge in [0.15, 0.2) is 11.3 Å². The first-order valence-electron chi connectivity index (χ1n) is 8.27. The zero-order valence-corrected chi connectivity index (χ0v) is 14.0. The fraction of sp³-hybridized carbons (Fsp3) is 0.412. The van der Waals surface area contributed by atoms with Gasteiger partial charge in [-0.3, -0.25) is 9.78 Å². The second kappa shape index (κ2) is 6.64. The maximum Gasteiger partial charge on any atom is 0.276 e. The van der Waals surface area contributed by atoms with Gasteiger partial charge in [0, 0.05) is 43.7 Å². The number of aromatic nitrogens is 4. The molecule has 1 aliphatic heterocycles. The number of nitrogens with zero attached hydrogens (tertiary/aromatic N) is 5. The highest BCUT2D eigenvalue weighted by Gasteiger charge is 2.25. The lowest BCUT2D eigenvalue weighted by molar-refractivity contribution is 0.0727. The number of carbonyl (C=O) groups is 1. The molecule has 8 nitrogen and oxygen atoms in total. The lowest BCUT2D eigenvalue weighted by Crippen LogP contribution is -2.36. The number of aryl methyl sites for hydroxylation is 1. The van der Waals surface area contributed by atoms with E-state index in [4.69, 9.17) is 9.26 Å². The second-order valence-electron chi connectivity index (χ2n) is 6.29. The molecule has 8 heteroatoms. The van der Waals surface area contributed by atoms with E-state index < -0.39 is 0 Å². The number of imidazole rings is 1. The van der Waals surface area contributed by atoms with Crippen LogP contribution in [0.3, 0.4) is 0 Å². The van der Waals surface area contributed by atoms with Crippen LogP contribution >= 0.6 is 0 Å². The Morgan fingerprint density at radius 1 is 1.40 bits per heavy atom. The van der Waals surface area contributed by atoms with Crippen LogP contribution in [0.5, 0.6) is 0 Å². The van der Waals surface area contributed by atoms with Crippen LogP contribution in [0.1, 0.15) is 21.9 Å². The van der Waals surface area contributed by atoms with Gasteiger partial charge in [0.1, 0.15) is 5.76 Å². The van der Waals surface area contributed by atoms with Gasteiger partial charge in [0.25, 0.3) is 5.91 Å². The van der Waals surface area contributed by atoms with Crippen molar-refractivity contribution in [3.8, 4) is 0 Å². The number of hydrogen-bond acceptors (Lipinski definition) is 6. The molecular formula is C17H19N5O3. The van der Waals surface area contributed by atoms with Crippen molar-refractivity contribution < 1.29 is 14.1 Å². The first-order valence-corrected chi connectivity index (χ1v) is 8.27. The van der Waals surface area contributed by atoms with Crippen molar-refractivity contribution in [3.05, 3.63) is 48.0 Å². The van der Waals surface area contributed by atoms with Gasteiger partial charge < -0.3 is 18.6 Å². The van der Waals surface area contributed by atoms with Crippen LogP contribution in [0.15, 0.2) is 35.4 Å². The van der Waals surface area contributed by atoms with Crippen molar-refractivity contribution in [3.63, 3.8) is 0 Å². The average molecular weight is 341 g/mol. The van der Waals surface area contributed by atoms with Crippen LogP contribution in [0.2, 0.25) is 0 Å². The van der Waals surface area contributed by atoms with Gasteiger partial charge in [-0.1, -0.05) is 5.16 Å². The molecule has 0 aromatic carbocycles. The number of carbonyl (C=O) groups excluding carboxylic acids is 1.